The van der Waals surface area contributed by atoms with E-state index in [-0.39, 0.29) is 12.5 Å². The molecule has 2 unspecified atom stereocenters. The predicted molar refractivity (Wildman–Crippen MR) is 147 cm³/mol. The zero-order valence-electron chi connectivity index (χ0n) is 23.3. The van der Waals surface area contributed by atoms with Crippen LogP contribution in [0.2, 0.25) is 0 Å². The van der Waals surface area contributed by atoms with Gasteiger partial charge in [-0.2, -0.15) is 0 Å². The molecule has 35 heavy (non-hydrogen) atoms. The van der Waals surface area contributed by atoms with Crippen molar-refractivity contribution in [3.63, 3.8) is 0 Å². The first kappa shape index (κ1) is 29.9. The number of hydrogen-bond acceptors (Lipinski definition) is 5. The van der Waals surface area contributed by atoms with Crippen LogP contribution in [0.3, 0.4) is 0 Å². The molecule has 2 bridgehead atoms. The Labute approximate surface area is 216 Å². The Morgan fingerprint density at radius 3 is 1.46 bits per heavy atom. The fourth-order valence-electron chi connectivity index (χ4n) is 4.63. The molecule has 202 valence electrons. The number of benzene rings is 1. The molecular formula is C30H54N2O3. The first-order chi connectivity index (χ1) is 17.1. The summed E-state index contributed by atoms with van der Waals surface area (Å²) in [6, 6.07) is 8.07. The molecule has 0 saturated heterocycles. The molecule has 0 saturated carbocycles. The van der Waals surface area contributed by atoms with Crippen molar-refractivity contribution in [3.8, 4) is 11.5 Å². The van der Waals surface area contributed by atoms with E-state index in [1.165, 1.54) is 89.9 Å². The van der Waals surface area contributed by atoms with Crippen LogP contribution in [-0.4, -0.2) is 62.7 Å². The lowest BCUT2D eigenvalue weighted by molar-refractivity contribution is -0.0791. The van der Waals surface area contributed by atoms with Crippen molar-refractivity contribution in [2.24, 2.45) is 0 Å². The Morgan fingerprint density at radius 1 is 0.629 bits per heavy atom. The molecule has 1 aliphatic rings. The highest BCUT2D eigenvalue weighted by Gasteiger charge is 2.23. The van der Waals surface area contributed by atoms with Gasteiger partial charge in [-0.15, -0.1) is 0 Å². The Hall–Kier alpha value is -1.30. The molecule has 0 spiro atoms. The molecule has 1 aliphatic heterocycles. The molecular weight excluding hydrogens is 436 g/mol. The number of likely N-dealkylation sites (N-methyl/N-ethyl adjacent to an activating group) is 2. The van der Waals surface area contributed by atoms with Crippen molar-refractivity contribution in [3.05, 3.63) is 24.3 Å². The van der Waals surface area contributed by atoms with E-state index in [2.05, 4.69) is 37.7 Å². The van der Waals surface area contributed by atoms with E-state index in [9.17, 15) is 0 Å². The van der Waals surface area contributed by atoms with Gasteiger partial charge in [0.25, 0.3) is 0 Å². The minimum atomic E-state index is -0.0856. The lowest BCUT2D eigenvalue weighted by Gasteiger charge is -2.33. The fraction of sp³-hybridized carbons (Fsp3) is 0.800. The van der Waals surface area contributed by atoms with E-state index in [1.54, 1.807) is 0 Å². The topological polar surface area (TPSA) is 34.2 Å². The van der Waals surface area contributed by atoms with Crippen molar-refractivity contribution < 1.29 is 14.2 Å². The van der Waals surface area contributed by atoms with Crippen molar-refractivity contribution in [2.75, 3.05) is 40.4 Å². The number of hydrogen-bond donors (Lipinski definition) is 0. The van der Waals surface area contributed by atoms with Crippen molar-refractivity contribution in [1.82, 2.24) is 9.80 Å². The first-order valence-corrected chi connectivity index (χ1v) is 14.6. The quantitative estimate of drug-likeness (QED) is 0.199. The summed E-state index contributed by atoms with van der Waals surface area (Å²) in [4.78, 5) is 4.61. The van der Waals surface area contributed by atoms with Gasteiger partial charge in [0.05, 0.1) is 13.2 Å². The summed E-state index contributed by atoms with van der Waals surface area (Å²) < 4.78 is 18.8. The Bertz CT molecular complexity index is 593. The Balaban J connectivity index is 1.81. The number of nitrogens with zero attached hydrogens (tertiary/aromatic N) is 2. The van der Waals surface area contributed by atoms with Crippen LogP contribution < -0.4 is 9.47 Å². The number of fused-ring (bicyclic) bond motifs is 2. The van der Waals surface area contributed by atoms with Gasteiger partial charge >= 0.3 is 0 Å². The second kappa shape index (κ2) is 18.9. The zero-order valence-corrected chi connectivity index (χ0v) is 23.3. The van der Waals surface area contributed by atoms with Gasteiger partial charge < -0.3 is 14.2 Å². The minimum Gasteiger partial charge on any atom is -0.473 e. The van der Waals surface area contributed by atoms with Crippen LogP contribution in [0.15, 0.2) is 24.3 Å². The smallest absolute Gasteiger partial charge is 0.175 e. The number of unbranched alkanes of at least 4 members (excludes halogenated alkanes) is 12. The molecule has 1 aromatic rings. The van der Waals surface area contributed by atoms with E-state index >= 15 is 0 Å². The third kappa shape index (κ3) is 13.0. The van der Waals surface area contributed by atoms with Crippen LogP contribution in [0.4, 0.5) is 0 Å². The minimum absolute atomic E-state index is 0.0856. The number of ether oxygens (including phenoxy) is 3. The summed E-state index contributed by atoms with van der Waals surface area (Å²) in [5.41, 5.74) is 0. The largest absolute Gasteiger partial charge is 0.473 e. The van der Waals surface area contributed by atoms with Crippen LogP contribution in [0.1, 0.15) is 104 Å². The third-order valence-electron chi connectivity index (χ3n) is 7.08. The average molecular weight is 491 g/mol. The molecule has 0 N–H and O–H groups in total. The molecule has 1 heterocycles. The lowest BCUT2D eigenvalue weighted by Crippen LogP contribution is -2.45. The van der Waals surface area contributed by atoms with E-state index in [0.29, 0.717) is 13.2 Å². The summed E-state index contributed by atoms with van der Waals surface area (Å²) in [5, 5.41) is 0. The third-order valence-corrected chi connectivity index (χ3v) is 7.08. The van der Waals surface area contributed by atoms with Gasteiger partial charge in [0.2, 0.25) is 0 Å². The summed E-state index contributed by atoms with van der Waals surface area (Å²) >= 11 is 0. The predicted octanol–water partition coefficient (Wildman–Crippen LogP) is 7.49. The molecule has 0 aromatic heterocycles. The second-order valence-electron chi connectivity index (χ2n) is 10.4. The highest BCUT2D eigenvalue weighted by atomic mass is 16.6. The van der Waals surface area contributed by atoms with Gasteiger partial charge in [-0.3, -0.25) is 9.80 Å². The van der Waals surface area contributed by atoms with Crippen LogP contribution in [-0.2, 0) is 4.74 Å². The molecule has 5 nitrogen and oxygen atoms in total. The molecule has 0 aliphatic carbocycles. The second-order valence-corrected chi connectivity index (χ2v) is 10.4. The van der Waals surface area contributed by atoms with Gasteiger partial charge in [0.15, 0.2) is 12.5 Å². The standard InChI is InChI=1S/C30H54N2O3/c1-5-7-9-11-13-15-17-22-31(3)29-25-33-26-30(35-28-21-19-20-27(24-28)34-29)32(4)23-18-16-14-12-10-8-6-2/h19-21,24,29-30H,5-18,22-23,25-26H2,1-4H3. The van der Waals surface area contributed by atoms with Crippen LogP contribution in [0.5, 0.6) is 11.5 Å². The number of rotatable bonds is 18. The summed E-state index contributed by atoms with van der Waals surface area (Å²) in [6.45, 7) is 7.69. The maximum absolute atomic E-state index is 6.33. The average Bonchev–Trinajstić information content (AvgIpc) is 2.86. The molecule has 5 heteroatoms. The first-order valence-electron chi connectivity index (χ1n) is 14.6. The van der Waals surface area contributed by atoms with E-state index in [1.807, 2.05) is 24.3 Å². The highest BCUT2D eigenvalue weighted by molar-refractivity contribution is 5.33. The SMILES string of the molecule is CCCCCCCCCN(C)C1COCC(N(C)CCCCCCCCC)Oc2cccc(c2)O1. The highest BCUT2D eigenvalue weighted by Crippen LogP contribution is 2.24. The van der Waals surface area contributed by atoms with Gasteiger partial charge in [0, 0.05) is 19.2 Å². The summed E-state index contributed by atoms with van der Waals surface area (Å²) in [5.74, 6) is 1.69. The fourth-order valence-corrected chi connectivity index (χ4v) is 4.63. The van der Waals surface area contributed by atoms with Crippen LogP contribution in [0.25, 0.3) is 0 Å². The molecule has 0 radical (unpaired) electrons. The lowest BCUT2D eigenvalue weighted by atomic mass is 10.1. The molecule has 2 rings (SSSR count). The van der Waals surface area contributed by atoms with Crippen LogP contribution >= 0.6 is 0 Å². The monoisotopic (exact) mass is 490 g/mol. The van der Waals surface area contributed by atoms with Crippen molar-refractivity contribution >= 4 is 0 Å². The summed E-state index contributed by atoms with van der Waals surface area (Å²) in [6.07, 6.45) is 18.3. The van der Waals surface area contributed by atoms with E-state index < -0.39 is 0 Å². The zero-order chi connectivity index (χ0) is 25.1. The summed E-state index contributed by atoms with van der Waals surface area (Å²) in [7, 11) is 4.31. The van der Waals surface area contributed by atoms with Gasteiger partial charge in [-0.25, -0.2) is 0 Å². The van der Waals surface area contributed by atoms with E-state index in [0.717, 1.165) is 24.6 Å². The van der Waals surface area contributed by atoms with Crippen molar-refractivity contribution in [1.29, 1.82) is 0 Å². The van der Waals surface area contributed by atoms with Crippen LogP contribution in [0, 0.1) is 0 Å². The van der Waals surface area contributed by atoms with Gasteiger partial charge in [0.1, 0.15) is 11.5 Å². The molecule has 2 atom stereocenters. The molecule has 0 amide bonds. The van der Waals surface area contributed by atoms with Crippen molar-refractivity contribution in [2.45, 2.75) is 116 Å². The maximum atomic E-state index is 6.33. The Morgan fingerprint density at radius 2 is 1.03 bits per heavy atom. The van der Waals surface area contributed by atoms with Gasteiger partial charge in [-0.05, 0) is 39.1 Å². The van der Waals surface area contributed by atoms with E-state index in [4.69, 9.17) is 14.2 Å². The Kier molecular flexibility index (Phi) is 16.2. The molecule has 0 fully saturated rings. The van der Waals surface area contributed by atoms with Gasteiger partial charge in [-0.1, -0.05) is 97.0 Å². The maximum Gasteiger partial charge on any atom is 0.175 e. The normalized spacial score (nSPS) is 18.5. The molecule has 1 aromatic carbocycles.